The molecule has 82 valence electrons. The lowest BCUT2D eigenvalue weighted by atomic mass is 10.1. The van der Waals surface area contributed by atoms with Gasteiger partial charge < -0.3 is 9.67 Å². The van der Waals surface area contributed by atoms with Crippen molar-refractivity contribution in [2.45, 2.75) is 26.8 Å². The molecule has 1 aromatic rings. The lowest BCUT2D eigenvalue weighted by molar-refractivity contribution is -0.131. The van der Waals surface area contributed by atoms with Crippen LogP contribution in [-0.4, -0.2) is 15.6 Å². The Labute approximate surface area is 90.0 Å². The van der Waals surface area contributed by atoms with E-state index in [9.17, 15) is 4.79 Å². The number of hydrogen-bond donors (Lipinski definition) is 1. The molecule has 0 saturated carbocycles. The molecule has 1 rings (SSSR count). The summed E-state index contributed by atoms with van der Waals surface area (Å²) in [7, 11) is 0. The number of carboxylic acid groups (broad SMARTS) is 1. The summed E-state index contributed by atoms with van der Waals surface area (Å²) in [5.74, 6) is -0.254. The molecule has 0 aliphatic heterocycles. The molecule has 3 nitrogen and oxygen atoms in total. The largest absolute Gasteiger partial charge is 0.478 e. The topological polar surface area (TPSA) is 42.2 Å². The second-order valence-corrected chi connectivity index (χ2v) is 3.98. The molecule has 1 heterocycles. The van der Waals surface area contributed by atoms with Crippen LogP contribution in [0.3, 0.4) is 0 Å². The number of aliphatic carboxylic acids is 1. The highest BCUT2D eigenvalue weighted by Crippen LogP contribution is 2.09. The molecule has 0 bridgehead atoms. The summed E-state index contributed by atoms with van der Waals surface area (Å²) < 4.78 is 2.07. The van der Waals surface area contributed by atoms with Crippen LogP contribution in [0, 0.1) is 5.92 Å². The second kappa shape index (κ2) is 5.39. The van der Waals surface area contributed by atoms with Gasteiger partial charge in [-0.05, 0) is 30.5 Å². The van der Waals surface area contributed by atoms with Crippen LogP contribution in [0.2, 0.25) is 0 Å². The Balaban J connectivity index is 2.65. The first-order valence-corrected chi connectivity index (χ1v) is 5.15. The summed E-state index contributed by atoms with van der Waals surface area (Å²) in [6.07, 6.45) is 5.87. The normalized spacial score (nSPS) is 11.4. The van der Waals surface area contributed by atoms with E-state index in [2.05, 4.69) is 18.4 Å². The highest BCUT2D eigenvalue weighted by Gasteiger charge is 1.99. The van der Waals surface area contributed by atoms with Crippen molar-refractivity contribution >= 4 is 12.0 Å². The molecule has 0 saturated heterocycles. The van der Waals surface area contributed by atoms with Crippen LogP contribution in [0.15, 0.2) is 24.4 Å². The van der Waals surface area contributed by atoms with Gasteiger partial charge in [0.15, 0.2) is 0 Å². The Morgan fingerprint density at radius 3 is 2.93 bits per heavy atom. The third-order valence-corrected chi connectivity index (χ3v) is 2.21. The molecule has 0 fully saturated rings. The summed E-state index contributed by atoms with van der Waals surface area (Å²) >= 11 is 0. The van der Waals surface area contributed by atoms with E-state index >= 15 is 0 Å². The van der Waals surface area contributed by atoms with E-state index in [1.54, 1.807) is 6.08 Å². The van der Waals surface area contributed by atoms with Crippen LogP contribution >= 0.6 is 0 Å². The van der Waals surface area contributed by atoms with Gasteiger partial charge in [-0.3, -0.25) is 0 Å². The smallest absolute Gasteiger partial charge is 0.328 e. The highest BCUT2D eigenvalue weighted by atomic mass is 16.4. The Kier molecular flexibility index (Phi) is 4.16. The monoisotopic (exact) mass is 207 g/mol. The van der Waals surface area contributed by atoms with E-state index in [4.69, 9.17) is 5.11 Å². The van der Waals surface area contributed by atoms with Gasteiger partial charge in [-0.1, -0.05) is 13.8 Å². The Bertz CT molecular complexity index is 350. The molecule has 0 radical (unpaired) electrons. The van der Waals surface area contributed by atoms with Gasteiger partial charge in [0.25, 0.3) is 0 Å². The number of carbonyl (C=O) groups is 1. The van der Waals surface area contributed by atoms with E-state index in [0.29, 0.717) is 5.92 Å². The number of carboxylic acids is 1. The summed E-state index contributed by atoms with van der Waals surface area (Å²) in [6, 6.07) is 3.85. The van der Waals surface area contributed by atoms with Crippen LogP contribution < -0.4 is 0 Å². The van der Waals surface area contributed by atoms with Gasteiger partial charge in [0.1, 0.15) is 0 Å². The first-order valence-electron chi connectivity index (χ1n) is 5.15. The van der Waals surface area contributed by atoms with Gasteiger partial charge in [0.2, 0.25) is 0 Å². The predicted molar refractivity (Wildman–Crippen MR) is 60.6 cm³/mol. The van der Waals surface area contributed by atoms with Crippen molar-refractivity contribution in [3.8, 4) is 0 Å². The standard InChI is InChI=1S/C12H17NO2/c1-10(2)7-9-13-8-3-4-11(13)5-6-12(14)15/h3-6,8,10H,7,9H2,1-2H3,(H,14,15)/b6-5+. The van der Waals surface area contributed by atoms with Crippen molar-refractivity contribution in [1.29, 1.82) is 0 Å². The third kappa shape index (κ3) is 4.02. The van der Waals surface area contributed by atoms with Crippen molar-refractivity contribution < 1.29 is 9.90 Å². The van der Waals surface area contributed by atoms with Gasteiger partial charge in [0, 0.05) is 24.5 Å². The zero-order chi connectivity index (χ0) is 11.3. The fraction of sp³-hybridized carbons (Fsp3) is 0.417. The zero-order valence-electron chi connectivity index (χ0n) is 9.18. The van der Waals surface area contributed by atoms with Gasteiger partial charge in [-0.25, -0.2) is 4.79 Å². The van der Waals surface area contributed by atoms with E-state index in [1.807, 2.05) is 18.3 Å². The molecule has 0 atom stereocenters. The predicted octanol–water partition coefficient (Wildman–Crippen LogP) is 2.63. The third-order valence-electron chi connectivity index (χ3n) is 2.21. The summed E-state index contributed by atoms with van der Waals surface area (Å²) in [4.78, 5) is 10.4. The average Bonchev–Trinajstić information content (AvgIpc) is 2.58. The molecule has 0 spiro atoms. The van der Waals surface area contributed by atoms with Crippen LogP contribution in [-0.2, 0) is 11.3 Å². The molecule has 0 aromatic carbocycles. The number of aryl methyl sites for hydroxylation is 1. The Morgan fingerprint density at radius 2 is 2.33 bits per heavy atom. The summed E-state index contributed by atoms with van der Waals surface area (Å²) in [6.45, 7) is 5.29. The number of hydrogen-bond acceptors (Lipinski definition) is 1. The van der Waals surface area contributed by atoms with E-state index in [1.165, 1.54) is 6.08 Å². The Morgan fingerprint density at radius 1 is 1.60 bits per heavy atom. The van der Waals surface area contributed by atoms with Crippen LogP contribution in [0.5, 0.6) is 0 Å². The summed E-state index contributed by atoms with van der Waals surface area (Å²) in [5.41, 5.74) is 0.943. The minimum absolute atomic E-state index is 0.656. The fourth-order valence-electron chi connectivity index (χ4n) is 1.34. The lowest BCUT2D eigenvalue weighted by Crippen LogP contribution is -2.02. The van der Waals surface area contributed by atoms with Crippen molar-refractivity contribution in [3.63, 3.8) is 0 Å². The maximum atomic E-state index is 10.4. The van der Waals surface area contributed by atoms with Crippen molar-refractivity contribution in [3.05, 3.63) is 30.1 Å². The van der Waals surface area contributed by atoms with Crippen molar-refractivity contribution in [2.75, 3.05) is 0 Å². The molecular formula is C12H17NO2. The number of nitrogens with zero attached hydrogens (tertiary/aromatic N) is 1. The molecule has 0 aliphatic carbocycles. The number of rotatable bonds is 5. The van der Waals surface area contributed by atoms with Crippen LogP contribution in [0.1, 0.15) is 26.0 Å². The zero-order valence-corrected chi connectivity index (χ0v) is 9.18. The maximum Gasteiger partial charge on any atom is 0.328 e. The highest BCUT2D eigenvalue weighted by molar-refractivity contribution is 5.84. The van der Waals surface area contributed by atoms with Gasteiger partial charge in [-0.2, -0.15) is 0 Å². The van der Waals surface area contributed by atoms with E-state index < -0.39 is 5.97 Å². The molecule has 3 heteroatoms. The molecule has 1 aromatic heterocycles. The van der Waals surface area contributed by atoms with E-state index in [-0.39, 0.29) is 0 Å². The fourth-order valence-corrected chi connectivity index (χ4v) is 1.34. The maximum absolute atomic E-state index is 10.4. The lowest BCUT2D eigenvalue weighted by Gasteiger charge is -2.08. The quantitative estimate of drug-likeness (QED) is 0.754. The van der Waals surface area contributed by atoms with Crippen LogP contribution in [0.25, 0.3) is 6.08 Å². The average molecular weight is 207 g/mol. The molecular weight excluding hydrogens is 190 g/mol. The first-order chi connectivity index (χ1) is 7.09. The molecule has 0 aliphatic rings. The SMILES string of the molecule is CC(C)CCn1cccc1/C=C/C(=O)O. The second-order valence-electron chi connectivity index (χ2n) is 3.98. The minimum atomic E-state index is -0.911. The van der Waals surface area contributed by atoms with Gasteiger partial charge in [-0.15, -0.1) is 0 Å². The van der Waals surface area contributed by atoms with Crippen LogP contribution in [0.4, 0.5) is 0 Å². The molecule has 0 amide bonds. The molecule has 0 unspecified atom stereocenters. The Hall–Kier alpha value is -1.51. The van der Waals surface area contributed by atoms with E-state index in [0.717, 1.165) is 18.7 Å². The van der Waals surface area contributed by atoms with Crippen molar-refractivity contribution in [2.24, 2.45) is 5.92 Å². The van der Waals surface area contributed by atoms with Crippen molar-refractivity contribution in [1.82, 2.24) is 4.57 Å². The first kappa shape index (κ1) is 11.6. The van der Waals surface area contributed by atoms with Gasteiger partial charge in [0.05, 0.1) is 0 Å². The summed E-state index contributed by atoms with van der Waals surface area (Å²) in [5, 5.41) is 8.53. The van der Waals surface area contributed by atoms with Gasteiger partial charge >= 0.3 is 5.97 Å². The minimum Gasteiger partial charge on any atom is -0.478 e. The molecule has 15 heavy (non-hydrogen) atoms. The molecule has 1 N–H and O–H groups in total. The number of aromatic nitrogens is 1.